The van der Waals surface area contributed by atoms with Gasteiger partial charge in [0.2, 0.25) is 0 Å². The molecule has 17 heavy (non-hydrogen) atoms. The maximum atomic E-state index is 11.7. The molecule has 0 aromatic rings. The number of ether oxygens (including phenoxy) is 2. The molecule has 5 nitrogen and oxygen atoms in total. The number of rotatable bonds is 10. The number of aliphatic hydroxyl groups excluding tert-OH is 1. The first-order chi connectivity index (χ1) is 8.06. The van der Waals surface area contributed by atoms with E-state index in [0.29, 0.717) is 6.54 Å². The van der Waals surface area contributed by atoms with E-state index >= 15 is 0 Å². The van der Waals surface area contributed by atoms with Gasteiger partial charge in [-0.05, 0) is 6.92 Å². The molecule has 0 spiro atoms. The summed E-state index contributed by atoms with van der Waals surface area (Å²) < 4.78 is 32.6. The number of carbonyl (C=O) groups is 1. The molecule has 0 radical (unpaired) electrons. The maximum absolute atomic E-state index is 11.7. The Hall–Kier alpha value is -0.790. The van der Waals surface area contributed by atoms with Crippen LogP contribution in [0.15, 0.2) is 0 Å². The highest BCUT2D eigenvalue weighted by Gasteiger charge is 2.10. The molecular formula is C10H19F2NO4. The molecule has 0 saturated carbocycles. The summed E-state index contributed by atoms with van der Waals surface area (Å²) in [6.07, 6.45) is -3.40. The van der Waals surface area contributed by atoms with Crippen LogP contribution in [0.1, 0.15) is 13.3 Å². The summed E-state index contributed by atoms with van der Waals surface area (Å²) in [4.78, 5) is 10.9. The van der Waals surface area contributed by atoms with Crippen molar-refractivity contribution in [3.05, 3.63) is 0 Å². The monoisotopic (exact) mass is 255 g/mol. The number of aliphatic hydroxyl groups is 1. The van der Waals surface area contributed by atoms with Crippen LogP contribution in [-0.4, -0.2) is 56.5 Å². The molecule has 1 atom stereocenters. The molecule has 0 amide bonds. The second-order valence-electron chi connectivity index (χ2n) is 3.33. The Morgan fingerprint density at radius 2 is 2.18 bits per heavy atom. The highest BCUT2D eigenvalue weighted by atomic mass is 19.3. The van der Waals surface area contributed by atoms with E-state index in [1.54, 1.807) is 6.92 Å². The smallest absolute Gasteiger partial charge is 0.308 e. The minimum Gasteiger partial charge on any atom is -0.466 e. The van der Waals surface area contributed by atoms with Crippen LogP contribution in [0.4, 0.5) is 8.78 Å². The first-order valence-corrected chi connectivity index (χ1v) is 5.46. The quantitative estimate of drug-likeness (QED) is 0.430. The van der Waals surface area contributed by atoms with Gasteiger partial charge in [-0.3, -0.25) is 4.79 Å². The van der Waals surface area contributed by atoms with E-state index in [1.165, 1.54) is 0 Å². The Balaban J connectivity index is 3.33. The molecular weight excluding hydrogens is 236 g/mol. The molecule has 0 bridgehead atoms. The number of esters is 1. The molecule has 0 aromatic carbocycles. The lowest BCUT2D eigenvalue weighted by Crippen LogP contribution is -2.31. The van der Waals surface area contributed by atoms with E-state index in [9.17, 15) is 18.7 Å². The summed E-state index contributed by atoms with van der Waals surface area (Å²) in [5.41, 5.74) is 0. The van der Waals surface area contributed by atoms with E-state index in [0.717, 1.165) is 0 Å². The minimum atomic E-state index is -2.47. The van der Waals surface area contributed by atoms with Crippen LogP contribution in [-0.2, 0) is 14.3 Å². The van der Waals surface area contributed by atoms with Crippen LogP contribution in [0.2, 0.25) is 0 Å². The Bertz CT molecular complexity index is 205. The van der Waals surface area contributed by atoms with Crippen molar-refractivity contribution in [2.75, 3.05) is 32.9 Å². The maximum Gasteiger partial charge on any atom is 0.308 e. The number of hydrogen-bond donors (Lipinski definition) is 2. The number of carbonyl (C=O) groups excluding carboxylic acids is 1. The second-order valence-corrected chi connectivity index (χ2v) is 3.33. The molecule has 0 aliphatic rings. The molecule has 0 aliphatic heterocycles. The predicted octanol–water partition coefficient (Wildman–Crippen LogP) is 0.172. The molecule has 0 rings (SSSR count). The summed E-state index contributed by atoms with van der Waals surface area (Å²) in [5.74, 6) is -0.462. The zero-order valence-corrected chi connectivity index (χ0v) is 9.83. The zero-order chi connectivity index (χ0) is 13.1. The number of alkyl halides is 2. The van der Waals surface area contributed by atoms with Crippen molar-refractivity contribution >= 4 is 5.97 Å². The van der Waals surface area contributed by atoms with Gasteiger partial charge >= 0.3 is 5.97 Å². The van der Waals surface area contributed by atoms with Gasteiger partial charge < -0.3 is 19.9 Å². The molecule has 0 fully saturated rings. The fourth-order valence-electron chi connectivity index (χ4n) is 1.07. The van der Waals surface area contributed by atoms with Crippen LogP contribution in [0.3, 0.4) is 0 Å². The van der Waals surface area contributed by atoms with Gasteiger partial charge in [-0.1, -0.05) is 0 Å². The van der Waals surface area contributed by atoms with Gasteiger partial charge in [0.1, 0.15) is 6.61 Å². The van der Waals surface area contributed by atoms with E-state index in [4.69, 9.17) is 0 Å². The van der Waals surface area contributed by atoms with Crippen molar-refractivity contribution in [2.24, 2.45) is 0 Å². The first kappa shape index (κ1) is 16.2. The third-order valence-electron chi connectivity index (χ3n) is 1.75. The lowest BCUT2D eigenvalue weighted by Gasteiger charge is -2.11. The Labute approximate surface area is 99.1 Å². The van der Waals surface area contributed by atoms with Gasteiger partial charge in [0.25, 0.3) is 6.43 Å². The lowest BCUT2D eigenvalue weighted by atomic mass is 10.2. The van der Waals surface area contributed by atoms with E-state index in [1.807, 2.05) is 0 Å². The summed E-state index contributed by atoms with van der Waals surface area (Å²) in [6, 6.07) is 0. The van der Waals surface area contributed by atoms with Gasteiger partial charge in [-0.15, -0.1) is 0 Å². The number of halogens is 2. The van der Waals surface area contributed by atoms with Crippen molar-refractivity contribution in [2.45, 2.75) is 25.9 Å². The van der Waals surface area contributed by atoms with Gasteiger partial charge in [0.15, 0.2) is 0 Å². The third-order valence-corrected chi connectivity index (χ3v) is 1.75. The van der Waals surface area contributed by atoms with Crippen molar-refractivity contribution in [1.82, 2.24) is 5.32 Å². The predicted molar refractivity (Wildman–Crippen MR) is 56.9 cm³/mol. The summed E-state index contributed by atoms with van der Waals surface area (Å²) >= 11 is 0. The minimum absolute atomic E-state index is 0.0846. The van der Waals surface area contributed by atoms with E-state index in [2.05, 4.69) is 14.8 Å². The average Bonchev–Trinajstić information content (AvgIpc) is 2.23. The van der Waals surface area contributed by atoms with Crippen LogP contribution < -0.4 is 5.32 Å². The van der Waals surface area contributed by atoms with Crippen LogP contribution in [0, 0.1) is 0 Å². The van der Waals surface area contributed by atoms with Gasteiger partial charge in [-0.25, -0.2) is 8.78 Å². The van der Waals surface area contributed by atoms with Crippen molar-refractivity contribution in [3.8, 4) is 0 Å². The standard InChI is InChI=1S/C10H19F2NO4/c1-2-17-10(15)5-8(14)6-13-3-4-16-7-9(11)12/h8-9,13-14H,2-7H2,1H3. The normalized spacial score (nSPS) is 12.8. The molecule has 0 aromatic heterocycles. The second kappa shape index (κ2) is 10.4. The molecule has 0 saturated heterocycles. The highest BCUT2D eigenvalue weighted by Crippen LogP contribution is 1.94. The van der Waals surface area contributed by atoms with Crippen molar-refractivity contribution in [3.63, 3.8) is 0 Å². The van der Waals surface area contributed by atoms with Crippen molar-refractivity contribution in [1.29, 1.82) is 0 Å². The Kier molecular flexibility index (Phi) is 9.89. The van der Waals surface area contributed by atoms with Crippen LogP contribution in [0.5, 0.6) is 0 Å². The summed E-state index contributed by atoms with van der Waals surface area (Å²) in [6.45, 7) is 2.04. The van der Waals surface area contributed by atoms with Gasteiger partial charge in [0, 0.05) is 13.1 Å². The zero-order valence-electron chi connectivity index (χ0n) is 9.83. The van der Waals surface area contributed by atoms with Crippen LogP contribution in [0.25, 0.3) is 0 Å². The molecule has 102 valence electrons. The fourth-order valence-corrected chi connectivity index (χ4v) is 1.07. The molecule has 1 unspecified atom stereocenters. The molecule has 0 heterocycles. The fraction of sp³-hybridized carbons (Fsp3) is 0.900. The molecule has 7 heteroatoms. The molecule has 0 aliphatic carbocycles. The summed E-state index contributed by atoms with van der Waals surface area (Å²) in [5, 5.41) is 12.1. The lowest BCUT2D eigenvalue weighted by molar-refractivity contribution is -0.145. The third kappa shape index (κ3) is 11.5. The van der Waals surface area contributed by atoms with E-state index < -0.39 is 25.1 Å². The van der Waals surface area contributed by atoms with Crippen molar-refractivity contribution < 1.29 is 28.2 Å². The average molecular weight is 255 g/mol. The largest absolute Gasteiger partial charge is 0.466 e. The van der Waals surface area contributed by atoms with Crippen LogP contribution >= 0.6 is 0 Å². The van der Waals surface area contributed by atoms with E-state index in [-0.39, 0.29) is 26.2 Å². The first-order valence-electron chi connectivity index (χ1n) is 5.46. The topological polar surface area (TPSA) is 67.8 Å². The highest BCUT2D eigenvalue weighted by molar-refractivity contribution is 5.69. The Morgan fingerprint density at radius 1 is 1.47 bits per heavy atom. The SMILES string of the molecule is CCOC(=O)CC(O)CNCCOCC(F)F. The van der Waals surface area contributed by atoms with Gasteiger partial charge in [-0.2, -0.15) is 0 Å². The number of hydrogen-bond acceptors (Lipinski definition) is 5. The molecule has 2 N–H and O–H groups in total. The number of nitrogens with one attached hydrogen (secondary N) is 1. The Morgan fingerprint density at radius 3 is 2.76 bits per heavy atom. The van der Waals surface area contributed by atoms with Gasteiger partial charge in [0.05, 0.1) is 25.7 Å². The summed E-state index contributed by atoms with van der Waals surface area (Å²) in [7, 11) is 0.